The average molecular weight is 481 g/mol. The van der Waals surface area contributed by atoms with Crippen LogP contribution in [0.4, 0.5) is 10.5 Å². The molecule has 4 rings (SSSR count). The highest BCUT2D eigenvalue weighted by molar-refractivity contribution is 8.15. The molecule has 1 atom stereocenters. The summed E-state index contributed by atoms with van der Waals surface area (Å²) in [6.07, 6.45) is 1.67. The average Bonchev–Trinajstić information content (AvgIpc) is 3.39. The van der Waals surface area contributed by atoms with Gasteiger partial charge in [-0.2, -0.15) is 0 Å². The van der Waals surface area contributed by atoms with Crippen LogP contribution in [0.2, 0.25) is 0 Å². The normalized spacial score (nSPS) is 16.4. The fourth-order valence-electron chi connectivity index (χ4n) is 3.29. The van der Waals surface area contributed by atoms with Gasteiger partial charge in [0.25, 0.3) is 5.91 Å². The van der Waals surface area contributed by atoms with Crippen LogP contribution in [0.3, 0.4) is 0 Å². The zero-order valence-corrected chi connectivity index (χ0v) is 19.8. The van der Waals surface area contributed by atoms with E-state index < -0.39 is 17.2 Å². The van der Waals surface area contributed by atoms with Gasteiger partial charge in [-0.25, -0.2) is 9.79 Å². The van der Waals surface area contributed by atoms with Gasteiger partial charge in [0, 0.05) is 6.54 Å². The molecule has 0 spiro atoms. The number of imide groups is 1. The van der Waals surface area contributed by atoms with Gasteiger partial charge >= 0.3 is 6.03 Å². The number of hydrogen-bond donors (Lipinski definition) is 2. The summed E-state index contributed by atoms with van der Waals surface area (Å²) in [6, 6.07) is 12.3. The van der Waals surface area contributed by atoms with Crippen molar-refractivity contribution in [2.75, 3.05) is 18.2 Å². The van der Waals surface area contributed by atoms with E-state index in [1.807, 2.05) is 37.3 Å². The van der Waals surface area contributed by atoms with Crippen molar-refractivity contribution in [3.63, 3.8) is 0 Å². The van der Waals surface area contributed by atoms with Gasteiger partial charge in [-0.3, -0.25) is 19.8 Å². The Balaban J connectivity index is 1.62. The molecule has 0 saturated heterocycles. The molecule has 0 aliphatic carbocycles. The number of carbonyl (C=O) groups excluding carboxylic acids is 3. The molecule has 10 heteroatoms. The van der Waals surface area contributed by atoms with Crippen molar-refractivity contribution in [1.29, 1.82) is 0 Å². The van der Waals surface area contributed by atoms with Crippen molar-refractivity contribution in [2.24, 2.45) is 4.99 Å². The van der Waals surface area contributed by atoms with Crippen molar-refractivity contribution in [3.8, 4) is 11.5 Å². The number of amidine groups is 1. The molecule has 2 heterocycles. The number of thioether (sulfide) groups is 1. The van der Waals surface area contributed by atoms with Gasteiger partial charge in [0.2, 0.25) is 12.7 Å². The van der Waals surface area contributed by atoms with Gasteiger partial charge in [-0.1, -0.05) is 35.5 Å². The molecule has 2 aromatic rings. The Bertz CT molecular complexity index is 1190. The van der Waals surface area contributed by atoms with Crippen molar-refractivity contribution in [3.05, 3.63) is 59.3 Å². The van der Waals surface area contributed by atoms with Crippen LogP contribution in [0.1, 0.15) is 25.0 Å². The van der Waals surface area contributed by atoms with Crippen LogP contribution in [0.5, 0.6) is 11.5 Å². The Kier molecular flexibility index (Phi) is 6.87. The van der Waals surface area contributed by atoms with Crippen LogP contribution < -0.4 is 25.0 Å². The molecule has 2 aliphatic heterocycles. The summed E-state index contributed by atoms with van der Waals surface area (Å²) in [6.45, 7) is 5.92. The number of fused-ring (bicyclic) bond motifs is 1. The lowest BCUT2D eigenvalue weighted by Gasteiger charge is -2.20. The van der Waals surface area contributed by atoms with E-state index in [-0.39, 0.29) is 18.4 Å². The van der Waals surface area contributed by atoms with Crippen LogP contribution in [-0.2, 0) is 9.59 Å². The molecule has 0 fully saturated rings. The highest BCUT2D eigenvalue weighted by Crippen LogP contribution is 2.35. The maximum Gasteiger partial charge on any atom is 0.321 e. The lowest BCUT2D eigenvalue weighted by Crippen LogP contribution is -2.43. The Morgan fingerprint density at radius 3 is 2.65 bits per heavy atom. The summed E-state index contributed by atoms with van der Waals surface area (Å²) in [7, 11) is 0. The number of aryl methyl sites for hydroxylation is 1. The molecule has 0 radical (unpaired) electrons. The minimum atomic E-state index is -0.674. The number of nitrogens with zero attached hydrogens (tertiary/aromatic N) is 2. The molecule has 2 N–H and O–H groups in total. The van der Waals surface area contributed by atoms with E-state index in [1.54, 1.807) is 32.1 Å². The lowest BCUT2D eigenvalue weighted by molar-refractivity contribution is -0.119. The van der Waals surface area contributed by atoms with Crippen LogP contribution in [0, 0.1) is 6.92 Å². The van der Waals surface area contributed by atoms with Crippen LogP contribution in [-0.4, -0.2) is 41.6 Å². The van der Waals surface area contributed by atoms with Gasteiger partial charge < -0.3 is 14.8 Å². The van der Waals surface area contributed by atoms with Gasteiger partial charge in [0.05, 0.1) is 10.9 Å². The van der Waals surface area contributed by atoms with E-state index in [2.05, 4.69) is 15.6 Å². The summed E-state index contributed by atoms with van der Waals surface area (Å²) in [4.78, 5) is 43.6. The summed E-state index contributed by atoms with van der Waals surface area (Å²) < 4.78 is 10.8. The molecule has 2 aromatic carbocycles. The number of amides is 4. The summed E-state index contributed by atoms with van der Waals surface area (Å²) in [5.41, 5.74) is 2.63. The molecule has 0 bridgehead atoms. The van der Waals surface area contributed by atoms with Gasteiger partial charge in [0.15, 0.2) is 16.7 Å². The topological polar surface area (TPSA) is 109 Å². The standard InChI is InChI=1S/C24H24N4O5S/c1-4-25-23(31)27-21(29)15(3)34-24-26-18(11-16-7-10-19-20(12-16)33-13-32-19)22(30)28(24)17-8-5-14(2)6-9-17/h5-12,15H,4,13H2,1-3H3,(H2,25,27,29,31)/b18-11-/t15-/m1/s1. The fourth-order valence-corrected chi connectivity index (χ4v) is 4.21. The third kappa shape index (κ3) is 5.07. The predicted molar refractivity (Wildman–Crippen MR) is 131 cm³/mol. The first-order chi connectivity index (χ1) is 16.4. The number of urea groups is 1. The number of aliphatic imine (C=N–C) groups is 1. The van der Waals surface area contributed by atoms with Crippen molar-refractivity contribution >= 4 is 46.5 Å². The molecular weight excluding hydrogens is 456 g/mol. The minimum Gasteiger partial charge on any atom is -0.454 e. The van der Waals surface area contributed by atoms with E-state index in [0.29, 0.717) is 28.9 Å². The van der Waals surface area contributed by atoms with E-state index in [4.69, 9.17) is 9.47 Å². The van der Waals surface area contributed by atoms with Crippen LogP contribution >= 0.6 is 11.8 Å². The highest BCUT2D eigenvalue weighted by Gasteiger charge is 2.34. The molecule has 0 aromatic heterocycles. The zero-order chi connectivity index (χ0) is 24.2. The first kappa shape index (κ1) is 23.4. The van der Waals surface area contributed by atoms with E-state index >= 15 is 0 Å². The molecule has 0 saturated carbocycles. The first-order valence-corrected chi connectivity index (χ1v) is 11.6. The fraction of sp³-hybridized carbons (Fsp3) is 0.250. The SMILES string of the molecule is CCNC(=O)NC(=O)[C@@H](C)SC1=N/C(=C\c2ccc3c(c2)OCO3)C(=O)N1c1ccc(C)cc1. The summed E-state index contributed by atoms with van der Waals surface area (Å²) in [5, 5.41) is 4.49. The summed E-state index contributed by atoms with van der Waals surface area (Å²) in [5.74, 6) is 0.445. The Labute approximate surface area is 201 Å². The second-order valence-electron chi connectivity index (χ2n) is 7.62. The van der Waals surface area contributed by atoms with E-state index in [9.17, 15) is 14.4 Å². The Hall–Kier alpha value is -3.79. The summed E-state index contributed by atoms with van der Waals surface area (Å²) >= 11 is 1.10. The number of nitrogens with one attached hydrogen (secondary N) is 2. The van der Waals surface area contributed by atoms with Gasteiger partial charge in [-0.15, -0.1) is 0 Å². The lowest BCUT2D eigenvalue weighted by atomic mass is 10.1. The van der Waals surface area contributed by atoms with Crippen LogP contribution in [0.15, 0.2) is 53.2 Å². The third-order valence-corrected chi connectivity index (χ3v) is 6.10. The molecule has 9 nitrogen and oxygen atoms in total. The monoisotopic (exact) mass is 480 g/mol. The number of ether oxygens (including phenoxy) is 2. The molecule has 0 unspecified atom stereocenters. The van der Waals surface area contributed by atoms with Gasteiger partial charge in [-0.05, 0) is 56.7 Å². The second kappa shape index (κ2) is 10.0. The first-order valence-electron chi connectivity index (χ1n) is 10.7. The van der Waals surface area contributed by atoms with E-state index in [1.165, 1.54) is 4.90 Å². The number of benzene rings is 2. The maximum atomic E-state index is 13.4. The smallest absolute Gasteiger partial charge is 0.321 e. The van der Waals surface area contributed by atoms with Crippen molar-refractivity contribution in [1.82, 2.24) is 10.6 Å². The molecule has 4 amide bonds. The Morgan fingerprint density at radius 1 is 1.18 bits per heavy atom. The maximum absolute atomic E-state index is 13.4. The Morgan fingerprint density at radius 2 is 1.91 bits per heavy atom. The number of carbonyl (C=O) groups is 3. The number of hydrogen-bond acceptors (Lipinski definition) is 7. The van der Waals surface area contributed by atoms with Crippen LogP contribution in [0.25, 0.3) is 6.08 Å². The molecule has 176 valence electrons. The third-order valence-electron chi connectivity index (χ3n) is 5.05. The molecular formula is C24H24N4O5S. The number of rotatable bonds is 5. The van der Waals surface area contributed by atoms with E-state index in [0.717, 1.165) is 22.9 Å². The zero-order valence-electron chi connectivity index (χ0n) is 19.0. The van der Waals surface area contributed by atoms with Crippen molar-refractivity contribution in [2.45, 2.75) is 26.0 Å². The minimum absolute atomic E-state index is 0.157. The second-order valence-corrected chi connectivity index (χ2v) is 8.93. The van der Waals surface area contributed by atoms with Gasteiger partial charge in [0.1, 0.15) is 5.70 Å². The largest absolute Gasteiger partial charge is 0.454 e. The molecule has 34 heavy (non-hydrogen) atoms. The predicted octanol–water partition coefficient (Wildman–Crippen LogP) is 3.43. The van der Waals surface area contributed by atoms with Crippen molar-refractivity contribution < 1.29 is 23.9 Å². The number of anilines is 1. The molecule has 2 aliphatic rings. The quantitative estimate of drug-likeness (QED) is 0.635. The highest BCUT2D eigenvalue weighted by atomic mass is 32.2.